The van der Waals surface area contributed by atoms with Gasteiger partial charge in [0.15, 0.2) is 0 Å². The number of amides is 1. The van der Waals surface area contributed by atoms with Gasteiger partial charge in [-0.1, -0.05) is 18.2 Å². The van der Waals surface area contributed by atoms with Crippen molar-refractivity contribution in [1.82, 2.24) is 0 Å². The van der Waals surface area contributed by atoms with E-state index in [0.717, 1.165) is 0 Å². The second kappa shape index (κ2) is 8.13. The van der Waals surface area contributed by atoms with Gasteiger partial charge in [-0.3, -0.25) is 9.69 Å². The van der Waals surface area contributed by atoms with Gasteiger partial charge in [-0.15, -0.1) is 0 Å². The van der Waals surface area contributed by atoms with Crippen LogP contribution < -0.4 is 14.8 Å². The standard InChI is InChI=1S/C21H20N2O6S/c1-13-19(21(25)29-3)18(11-14-7-9-17(10-8-14)30(22,26)27)20(24)23(13)15-5-4-6-16(12-15)28-2/h4-12H,1-3H3,(H2,22,26,27)/b18-11-. The molecule has 0 atom stereocenters. The number of sulfonamides is 1. The van der Waals surface area contributed by atoms with Crippen molar-refractivity contribution in [2.45, 2.75) is 11.8 Å². The van der Waals surface area contributed by atoms with Gasteiger partial charge in [0.1, 0.15) is 5.75 Å². The summed E-state index contributed by atoms with van der Waals surface area (Å²) in [5.74, 6) is -0.515. The van der Waals surface area contributed by atoms with E-state index in [0.29, 0.717) is 22.7 Å². The van der Waals surface area contributed by atoms with E-state index >= 15 is 0 Å². The highest BCUT2D eigenvalue weighted by Crippen LogP contribution is 2.36. The van der Waals surface area contributed by atoms with Gasteiger partial charge in [0.2, 0.25) is 10.0 Å². The van der Waals surface area contributed by atoms with Crippen molar-refractivity contribution in [3.05, 3.63) is 70.9 Å². The Hall–Kier alpha value is -3.43. The van der Waals surface area contributed by atoms with Crippen LogP contribution in [0.3, 0.4) is 0 Å². The van der Waals surface area contributed by atoms with Crippen LogP contribution >= 0.6 is 0 Å². The third-order valence-electron chi connectivity index (χ3n) is 4.62. The van der Waals surface area contributed by atoms with Gasteiger partial charge in [0, 0.05) is 11.8 Å². The number of allylic oxidation sites excluding steroid dienone is 1. The van der Waals surface area contributed by atoms with E-state index in [4.69, 9.17) is 14.6 Å². The molecule has 0 radical (unpaired) electrons. The van der Waals surface area contributed by atoms with Crippen LogP contribution in [0, 0.1) is 0 Å². The second-order valence-electron chi connectivity index (χ2n) is 6.47. The number of ether oxygens (including phenoxy) is 2. The molecule has 2 aromatic carbocycles. The van der Waals surface area contributed by atoms with Crippen molar-refractivity contribution in [3.63, 3.8) is 0 Å². The molecule has 1 aliphatic rings. The summed E-state index contributed by atoms with van der Waals surface area (Å²) >= 11 is 0. The lowest BCUT2D eigenvalue weighted by atomic mass is 10.0. The van der Waals surface area contributed by atoms with E-state index in [-0.39, 0.29) is 16.0 Å². The molecule has 156 valence electrons. The normalized spacial score (nSPS) is 15.7. The minimum Gasteiger partial charge on any atom is -0.497 e. The summed E-state index contributed by atoms with van der Waals surface area (Å²) in [7, 11) is -1.08. The molecule has 1 heterocycles. The summed E-state index contributed by atoms with van der Waals surface area (Å²) in [6.45, 7) is 1.65. The maximum Gasteiger partial charge on any atom is 0.340 e. The fraction of sp³-hybridized carbons (Fsp3) is 0.143. The summed E-state index contributed by atoms with van der Waals surface area (Å²) in [5, 5.41) is 5.11. The van der Waals surface area contributed by atoms with E-state index in [1.54, 1.807) is 31.2 Å². The Balaban J connectivity index is 2.10. The Labute approximate surface area is 174 Å². The topological polar surface area (TPSA) is 116 Å². The first kappa shape index (κ1) is 21.3. The van der Waals surface area contributed by atoms with Crippen LogP contribution in [0.4, 0.5) is 5.69 Å². The third-order valence-corrected chi connectivity index (χ3v) is 5.55. The molecule has 2 N–H and O–H groups in total. The molecular formula is C21H20N2O6S. The monoisotopic (exact) mass is 428 g/mol. The van der Waals surface area contributed by atoms with Crippen molar-refractivity contribution in [2.75, 3.05) is 19.1 Å². The molecule has 0 saturated carbocycles. The van der Waals surface area contributed by atoms with Crippen LogP contribution in [0.1, 0.15) is 12.5 Å². The minimum atomic E-state index is -3.84. The smallest absolute Gasteiger partial charge is 0.340 e. The highest BCUT2D eigenvalue weighted by Gasteiger charge is 2.38. The number of nitrogens with zero attached hydrogens (tertiary/aromatic N) is 1. The molecule has 1 amide bonds. The van der Waals surface area contributed by atoms with Gasteiger partial charge in [0.25, 0.3) is 5.91 Å². The number of anilines is 1. The molecule has 0 aliphatic carbocycles. The van der Waals surface area contributed by atoms with E-state index < -0.39 is 21.9 Å². The molecule has 8 nitrogen and oxygen atoms in total. The number of carbonyl (C=O) groups excluding carboxylic acids is 2. The summed E-state index contributed by atoms with van der Waals surface area (Å²) in [4.78, 5) is 27.0. The predicted octanol–water partition coefficient (Wildman–Crippen LogP) is 2.22. The van der Waals surface area contributed by atoms with Crippen molar-refractivity contribution in [1.29, 1.82) is 0 Å². The quantitative estimate of drug-likeness (QED) is 0.577. The lowest BCUT2D eigenvalue weighted by molar-refractivity contribution is -0.136. The number of nitrogens with two attached hydrogens (primary N) is 1. The molecule has 0 aromatic heterocycles. The number of hydrogen-bond acceptors (Lipinski definition) is 6. The Kier molecular flexibility index (Phi) is 5.77. The fourth-order valence-corrected chi connectivity index (χ4v) is 3.68. The Morgan fingerprint density at radius 3 is 2.33 bits per heavy atom. The number of hydrogen-bond donors (Lipinski definition) is 1. The molecule has 2 aromatic rings. The Morgan fingerprint density at radius 2 is 1.77 bits per heavy atom. The van der Waals surface area contributed by atoms with E-state index in [9.17, 15) is 18.0 Å². The summed E-state index contributed by atoms with van der Waals surface area (Å²) in [6.07, 6.45) is 1.51. The zero-order chi connectivity index (χ0) is 22.1. The first-order valence-corrected chi connectivity index (χ1v) is 10.3. The summed E-state index contributed by atoms with van der Waals surface area (Å²) in [6, 6.07) is 12.5. The van der Waals surface area contributed by atoms with Crippen LogP contribution in [-0.4, -0.2) is 34.5 Å². The fourth-order valence-electron chi connectivity index (χ4n) is 3.16. The first-order valence-electron chi connectivity index (χ1n) is 8.80. The Morgan fingerprint density at radius 1 is 1.10 bits per heavy atom. The van der Waals surface area contributed by atoms with Crippen LogP contribution in [0.25, 0.3) is 6.08 Å². The van der Waals surface area contributed by atoms with Crippen LogP contribution in [-0.2, 0) is 24.3 Å². The van der Waals surface area contributed by atoms with Crippen molar-refractivity contribution < 1.29 is 27.5 Å². The number of methoxy groups -OCH3 is 2. The average molecular weight is 428 g/mol. The van der Waals surface area contributed by atoms with Crippen LogP contribution in [0.15, 0.2) is 70.3 Å². The van der Waals surface area contributed by atoms with Gasteiger partial charge >= 0.3 is 5.97 Å². The number of primary sulfonamides is 1. The zero-order valence-corrected chi connectivity index (χ0v) is 17.4. The minimum absolute atomic E-state index is 0.0553. The second-order valence-corrected chi connectivity index (χ2v) is 8.03. The van der Waals surface area contributed by atoms with Gasteiger partial charge in [0.05, 0.1) is 35.9 Å². The number of rotatable bonds is 5. The average Bonchev–Trinajstić information content (AvgIpc) is 2.96. The number of esters is 1. The number of carbonyl (C=O) groups is 2. The first-order chi connectivity index (χ1) is 14.2. The van der Waals surface area contributed by atoms with Gasteiger partial charge in [-0.05, 0) is 42.8 Å². The highest BCUT2D eigenvalue weighted by atomic mass is 32.2. The van der Waals surface area contributed by atoms with Gasteiger partial charge < -0.3 is 9.47 Å². The van der Waals surface area contributed by atoms with Crippen LogP contribution in [0.2, 0.25) is 0 Å². The molecule has 0 saturated heterocycles. The van der Waals surface area contributed by atoms with E-state index in [1.165, 1.54) is 49.5 Å². The number of benzene rings is 2. The van der Waals surface area contributed by atoms with Gasteiger partial charge in [-0.2, -0.15) is 0 Å². The maximum absolute atomic E-state index is 13.2. The van der Waals surface area contributed by atoms with Crippen LogP contribution in [0.5, 0.6) is 5.75 Å². The Bertz CT molecular complexity index is 1180. The molecule has 0 fully saturated rings. The van der Waals surface area contributed by atoms with Crippen molar-refractivity contribution in [2.24, 2.45) is 5.14 Å². The van der Waals surface area contributed by atoms with E-state index in [1.807, 2.05) is 0 Å². The molecule has 9 heteroatoms. The summed E-state index contributed by atoms with van der Waals surface area (Å²) in [5.41, 5.74) is 1.72. The lowest BCUT2D eigenvalue weighted by Gasteiger charge is -2.18. The lowest BCUT2D eigenvalue weighted by Crippen LogP contribution is -2.24. The van der Waals surface area contributed by atoms with Crippen molar-refractivity contribution >= 4 is 33.7 Å². The SMILES string of the molecule is COC(=O)C1=C(C)N(c2cccc(OC)c2)C(=O)/C1=C\c1ccc(S(N)(=O)=O)cc1. The zero-order valence-electron chi connectivity index (χ0n) is 16.6. The molecule has 1 aliphatic heterocycles. The summed E-state index contributed by atoms with van der Waals surface area (Å²) < 4.78 is 33.0. The molecule has 0 unspecified atom stereocenters. The van der Waals surface area contributed by atoms with Crippen molar-refractivity contribution in [3.8, 4) is 5.75 Å². The van der Waals surface area contributed by atoms with Gasteiger partial charge in [-0.25, -0.2) is 18.4 Å². The molecule has 0 bridgehead atoms. The molecular weight excluding hydrogens is 408 g/mol. The highest BCUT2D eigenvalue weighted by molar-refractivity contribution is 7.89. The van der Waals surface area contributed by atoms with E-state index in [2.05, 4.69) is 0 Å². The largest absolute Gasteiger partial charge is 0.497 e. The molecule has 0 spiro atoms. The molecule has 3 rings (SSSR count). The predicted molar refractivity (Wildman–Crippen MR) is 111 cm³/mol. The third kappa shape index (κ3) is 3.98. The molecule has 30 heavy (non-hydrogen) atoms. The maximum atomic E-state index is 13.2.